The van der Waals surface area contributed by atoms with Gasteiger partial charge in [-0.2, -0.15) is 0 Å². The van der Waals surface area contributed by atoms with E-state index in [-0.39, 0.29) is 0 Å². The van der Waals surface area contributed by atoms with Crippen molar-refractivity contribution in [1.82, 2.24) is 14.5 Å². The average molecular weight is 266 g/mol. The first kappa shape index (κ1) is 11.9. The summed E-state index contributed by atoms with van der Waals surface area (Å²) in [6.45, 7) is 2.05. The van der Waals surface area contributed by atoms with Gasteiger partial charge in [0.1, 0.15) is 11.3 Å². The lowest BCUT2D eigenvalue weighted by Gasteiger charge is -2.35. The van der Waals surface area contributed by atoms with Crippen molar-refractivity contribution in [1.29, 1.82) is 0 Å². The SMILES string of the molecule is COC1CC(n2c(CCl)nc3c(C)ccnc32)C1. The van der Waals surface area contributed by atoms with Crippen LogP contribution in [0.3, 0.4) is 0 Å². The highest BCUT2D eigenvalue weighted by Crippen LogP contribution is 2.37. The summed E-state index contributed by atoms with van der Waals surface area (Å²) in [5.41, 5.74) is 3.06. The molecule has 2 aromatic heterocycles. The van der Waals surface area contributed by atoms with Crippen LogP contribution in [0.2, 0.25) is 0 Å². The lowest BCUT2D eigenvalue weighted by molar-refractivity contribution is 0.00660. The highest BCUT2D eigenvalue weighted by molar-refractivity contribution is 6.16. The van der Waals surface area contributed by atoms with E-state index in [9.17, 15) is 0 Å². The third kappa shape index (κ3) is 1.71. The number of methoxy groups -OCH3 is 1. The Kier molecular flexibility index (Phi) is 2.99. The molecule has 0 saturated heterocycles. The van der Waals surface area contributed by atoms with Crippen LogP contribution in [0.4, 0.5) is 0 Å². The van der Waals surface area contributed by atoms with E-state index in [1.165, 1.54) is 0 Å². The molecule has 4 nitrogen and oxygen atoms in total. The summed E-state index contributed by atoms with van der Waals surface area (Å²) in [7, 11) is 1.76. The van der Waals surface area contributed by atoms with Crippen LogP contribution >= 0.6 is 11.6 Å². The van der Waals surface area contributed by atoms with Crippen LogP contribution in [-0.2, 0) is 10.6 Å². The number of hydrogen-bond donors (Lipinski definition) is 0. The molecule has 0 amide bonds. The molecular formula is C13H16ClN3O. The van der Waals surface area contributed by atoms with E-state index in [1.54, 1.807) is 7.11 Å². The largest absolute Gasteiger partial charge is 0.381 e. The Labute approximate surface area is 111 Å². The van der Waals surface area contributed by atoms with Gasteiger partial charge in [0, 0.05) is 19.3 Å². The molecule has 0 bridgehead atoms. The fourth-order valence-corrected chi connectivity index (χ4v) is 2.76. The van der Waals surface area contributed by atoms with E-state index < -0.39 is 0 Å². The molecule has 1 saturated carbocycles. The van der Waals surface area contributed by atoms with Crippen LogP contribution in [0.1, 0.15) is 30.3 Å². The second-order valence-corrected chi connectivity index (χ2v) is 5.08. The average Bonchev–Trinajstić information content (AvgIpc) is 2.68. The summed E-state index contributed by atoms with van der Waals surface area (Å²) >= 11 is 6.01. The maximum atomic E-state index is 6.01. The van der Waals surface area contributed by atoms with Gasteiger partial charge in [0.15, 0.2) is 5.65 Å². The summed E-state index contributed by atoms with van der Waals surface area (Å²) < 4.78 is 7.52. The molecule has 18 heavy (non-hydrogen) atoms. The van der Waals surface area contributed by atoms with E-state index in [1.807, 2.05) is 12.3 Å². The van der Waals surface area contributed by atoms with Crippen molar-refractivity contribution in [3.05, 3.63) is 23.7 Å². The monoisotopic (exact) mass is 265 g/mol. The number of alkyl halides is 1. The molecule has 0 atom stereocenters. The van der Waals surface area contributed by atoms with Crippen molar-refractivity contribution in [2.75, 3.05) is 7.11 Å². The summed E-state index contributed by atoms with van der Waals surface area (Å²) in [5, 5.41) is 0. The molecule has 0 aliphatic heterocycles. The Morgan fingerprint density at radius 2 is 2.28 bits per heavy atom. The third-order valence-corrected chi connectivity index (χ3v) is 3.98. The van der Waals surface area contributed by atoms with E-state index in [4.69, 9.17) is 16.3 Å². The van der Waals surface area contributed by atoms with Gasteiger partial charge in [0.2, 0.25) is 0 Å². The molecule has 0 spiro atoms. The molecule has 1 aliphatic carbocycles. The number of pyridine rings is 1. The molecule has 3 rings (SSSR count). The van der Waals surface area contributed by atoms with Crippen LogP contribution in [0.25, 0.3) is 11.2 Å². The van der Waals surface area contributed by atoms with E-state index in [2.05, 4.69) is 21.5 Å². The Bertz CT molecular complexity index is 575. The second-order valence-electron chi connectivity index (χ2n) is 4.81. The molecule has 5 heteroatoms. The van der Waals surface area contributed by atoms with Crippen LogP contribution in [-0.4, -0.2) is 27.7 Å². The van der Waals surface area contributed by atoms with Gasteiger partial charge >= 0.3 is 0 Å². The zero-order valence-electron chi connectivity index (χ0n) is 10.6. The molecule has 2 aromatic rings. The van der Waals surface area contributed by atoms with Crippen molar-refractivity contribution in [3.63, 3.8) is 0 Å². The van der Waals surface area contributed by atoms with Crippen LogP contribution < -0.4 is 0 Å². The zero-order chi connectivity index (χ0) is 12.7. The van der Waals surface area contributed by atoms with Crippen LogP contribution in [0.5, 0.6) is 0 Å². The first-order valence-electron chi connectivity index (χ1n) is 6.15. The van der Waals surface area contributed by atoms with Gasteiger partial charge in [-0.3, -0.25) is 0 Å². The molecule has 0 unspecified atom stereocenters. The number of hydrogen-bond acceptors (Lipinski definition) is 3. The number of rotatable bonds is 3. The maximum absolute atomic E-state index is 6.01. The lowest BCUT2D eigenvalue weighted by atomic mass is 9.89. The van der Waals surface area contributed by atoms with Crippen LogP contribution in [0.15, 0.2) is 12.3 Å². The zero-order valence-corrected chi connectivity index (χ0v) is 11.3. The Hall–Kier alpha value is -1.13. The van der Waals surface area contributed by atoms with Gasteiger partial charge in [-0.05, 0) is 31.4 Å². The highest BCUT2D eigenvalue weighted by Gasteiger charge is 2.33. The molecule has 1 aliphatic rings. The predicted molar refractivity (Wildman–Crippen MR) is 70.9 cm³/mol. The normalized spacial score (nSPS) is 23.3. The number of fused-ring (bicyclic) bond motifs is 1. The minimum absolute atomic E-state index is 0.362. The second kappa shape index (κ2) is 4.52. The number of halogens is 1. The van der Waals surface area contributed by atoms with Gasteiger partial charge in [0.25, 0.3) is 0 Å². The van der Waals surface area contributed by atoms with E-state index in [0.29, 0.717) is 18.0 Å². The fourth-order valence-electron chi connectivity index (χ4n) is 2.57. The highest BCUT2D eigenvalue weighted by atomic mass is 35.5. The molecule has 0 radical (unpaired) electrons. The third-order valence-electron chi connectivity index (χ3n) is 3.74. The van der Waals surface area contributed by atoms with Crippen molar-refractivity contribution in [2.24, 2.45) is 0 Å². The number of ether oxygens (including phenoxy) is 1. The topological polar surface area (TPSA) is 39.9 Å². The summed E-state index contributed by atoms with van der Waals surface area (Å²) in [6.07, 6.45) is 4.23. The number of imidazole rings is 1. The van der Waals surface area contributed by atoms with Gasteiger partial charge in [-0.1, -0.05) is 0 Å². The van der Waals surface area contributed by atoms with Gasteiger partial charge < -0.3 is 9.30 Å². The molecule has 0 aromatic carbocycles. The van der Waals surface area contributed by atoms with Gasteiger partial charge in [-0.15, -0.1) is 11.6 Å². The van der Waals surface area contributed by atoms with E-state index in [0.717, 1.165) is 35.4 Å². The van der Waals surface area contributed by atoms with E-state index >= 15 is 0 Å². The van der Waals surface area contributed by atoms with Gasteiger partial charge in [-0.25, -0.2) is 9.97 Å². The smallest absolute Gasteiger partial charge is 0.160 e. The fraction of sp³-hybridized carbons (Fsp3) is 0.538. The molecule has 96 valence electrons. The maximum Gasteiger partial charge on any atom is 0.160 e. The molecule has 0 N–H and O–H groups in total. The van der Waals surface area contributed by atoms with Crippen molar-refractivity contribution >= 4 is 22.8 Å². The van der Waals surface area contributed by atoms with Crippen molar-refractivity contribution < 1.29 is 4.74 Å². The Balaban J connectivity index is 2.07. The first-order chi connectivity index (χ1) is 8.74. The Morgan fingerprint density at radius 1 is 1.50 bits per heavy atom. The quantitative estimate of drug-likeness (QED) is 0.801. The van der Waals surface area contributed by atoms with Crippen LogP contribution in [0, 0.1) is 6.92 Å². The number of nitrogens with zero attached hydrogens (tertiary/aromatic N) is 3. The predicted octanol–water partition coefficient (Wildman–Crippen LogP) is 2.83. The molecular weight excluding hydrogens is 250 g/mol. The summed E-state index contributed by atoms with van der Waals surface area (Å²) in [4.78, 5) is 9.08. The summed E-state index contributed by atoms with van der Waals surface area (Å²) in [6, 6.07) is 2.40. The van der Waals surface area contributed by atoms with Crippen molar-refractivity contribution in [2.45, 2.75) is 37.8 Å². The standard InChI is InChI=1S/C13H16ClN3O/c1-8-3-4-15-13-12(8)16-11(7-14)17(13)9-5-10(6-9)18-2/h3-4,9-10H,5-7H2,1-2H3. The number of aromatic nitrogens is 3. The van der Waals surface area contributed by atoms with Crippen molar-refractivity contribution in [3.8, 4) is 0 Å². The summed E-state index contributed by atoms with van der Waals surface area (Å²) in [5.74, 6) is 1.33. The van der Waals surface area contributed by atoms with Gasteiger partial charge in [0.05, 0.1) is 12.0 Å². The Morgan fingerprint density at radius 3 is 2.94 bits per heavy atom. The molecule has 1 fully saturated rings. The molecule has 2 heterocycles. The minimum Gasteiger partial charge on any atom is -0.381 e. The first-order valence-corrected chi connectivity index (χ1v) is 6.69. The number of aryl methyl sites for hydroxylation is 1. The minimum atomic E-state index is 0.362. The lowest BCUT2D eigenvalue weighted by Crippen LogP contribution is -2.33.